The number of nitrogens with one attached hydrogen (secondary N) is 1. The molecule has 0 bridgehead atoms. The lowest BCUT2D eigenvalue weighted by molar-refractivity contribution is -0.147. The fourth-order valence-electron chi connectivity index (χ4n) is 4.28. The van der Waals surface area contributed by atoms with Crippen LogP contribution >= 0.6 is 0 Å². The van der Waals surface area contributed by atoms with Gasteiger partial charge in [0.05, 0.1) is 18.0 Å². The average molecular weight is 453 g/mol. The first-order valence-corrected chi connectivity index (χ1v) is 11.1. The van der Waals surface area contributed by atoms with Crippen LogP contribution in [0.2, 0.25) is 0 Å². The molecule has 1 unspecified atom stereocenters. The standard InChI is InChI=1S/C25H29FN4O3/c1-16(28-15-25(2,3)24(32)33)23(31)29-11-9-19-20-8-5-10-27-22(20)30(21(19)14-29)13-17-6-4-7-18(26)12-17/h4-8,10,12,16,28H,9,11,13-15H2,1-3H3,(H,32,33). The van der Waals surface area contributed by atoms with Crippen LogP contribution in [0.5, 0.6) is 0 Å². The Hall–Kier alpha value is -3.26. The molecule has 1 aliphatic heterocycles. The highest BCUT2D eigenvalue weighted by Gasteiger charge is 2.32. The molecule has 33 heavy (non-hydrogen) atoms. The Balaban J connectivity index is 1.59. The number of fused-ring (bicyclic) bond motifs is 3. The number of pyridine rings is 1. The zero-order chi connectivity index (χ0) is 23.8. The molecule has 7 nitrogen and oxygen atoms in total. The molecule has 0 fully saturated rings. The number of carbonyl (C=O) groups excluding carboxylic acids is 1. The van der Waals surface area contributed by atoms with Crippen LogP contribution in [-0.2, 0) is 29.1 Å². The highest BCUT2D eigenvalue weighted by molar-refractivity contribution is 5.85. The molecule has 1 amide bonds. The van der Waals surface area contributed by atoms with Crippen molar-refractivity contribution in [1.82, 2.24) is 19.8 Å². The monoisotopic (exact) mass is 452 g/mol. The maximum Gasteiger partial charge on any atom is 0.310 e. The van der Waals surface area contributed by atoms with Gasteiger partial charge in [0, 0.05) is 36.9 Å². The van der Waals surface area contributed by atoms with Crippen LogP contribution in [0.3, 0.4) is 0 Å². The molecular formula is C25H29FN4O3. The minimum atomic E-state index is -0.966. The molecule has 0 saturated carbocycles. The van der Waals surface area contributed by atoms with Gasteiger partial charge in [0.2, 0.25) is 5.91 Å². The Labute approximate surface area is 192 Å². The average Bonchev–Trinajstić information content (AvgIpc) is 3.10. The van der Waals surface area contributed by atoms with Crippen molar-refractivity contribution < 1.29 is 19.1 Å². The fourth-order valence-corrected chi connectivity index (χ4v) is 4.28. The minimum absolute atomic E-state index is 0.0719. The minimum Gasteiger partial charge on any atom is -0.481 e. The van der Waals surface area contributed by atoms with Gasteiger partial charge in [-0.1, -0.05) is 12.1 Å². The Bertz CT molecular complexity index is 1200. The van der Waals surface area contributed by atoms with Crippen LogP contribution in [0, 0.1) is 11.2 Å². The maximum atomic E-state index is 13.8. The Morgan fingerprint density at radius 2 is 2.06 bits per heavy atom. The molecule has 0 saturated heterocycles. The van der Waals surface area contributed by atoms with Crippen LogP contribution in [0.1, 0.15) is 37.6 Å². The largest absolute Gasteiger partial charge is 0.481 e. The number of aromatic nitrogens is 2. The summed E-state index contributed by atoms with van der Waals surface area (Å²) in [4.78, 5) is 30.9. The number of carbonyl (C=O) groups is 2. The highest BCUT2D eigenvalue weighted by atomic mass is 19.1. The summed E-state index contributed by atoms with van der Waals surface area (Å²) in [5.74, 6) is -1.27. The van der Waals surface area contributed by atoms with Gasteiger partial charge in [-0.2, -0.15) is 0 Å². The fraction of sp³-hybridized carbons (Fsp3) is 0.400. The Morgan fingerprint density at radius 3 is 2.79 bits per heavy atom. The van der Waals surface area contributed by atoms with E-state index in [1.165, 1.54) is 17.7 Å². The first-order valence-electron chi connectivity index (χ1n) is 11.1. The molecular weight excluding hydrogens is 423 g/mol. The van der Waals surface area contributed by atoms with Crippen molar-refractivity contribution in [2.45, 2.75) is 46.3 Å². The number of hydrogen-bond donors (Lipinski definition) is 2. The smallest absolute Gasteiger partial charge is 0.310 e. The van der Waals surface area contributed by atoms with Crippen LogP contribution in [0.4, 0.5) is 4.39 Å². The lowest BCUT2D eigenvalue weighted by atomic mass is 9.93. The molecule has 3 heterocycles. The van der Waals surface area contributed by atoms with Crippen molar-refractivity contribution in [2.24, 2.45) is 5.41 Å². The number of halogens is 1. The summed E-state index contributed by atoms with van der Waals surface area (Å²) in [7, 11) is 0. The van der Waals surface area contributed by atoms with Gasteiger partial charge in [-0.05, 0) is 62.6 Å². The topological polar surface area (TPSA) is 87.5 Å². The van der Waals surface area contributed by atoms with E-state index < -0.39 is 17.4 Å². The second-order valence-electron chi connectivity index (χ2n) is 9.32. The highest BCUT2D eigenvalue weighted by Crippen LogP contribution is 2.31. The number of hydrogen-bond acceptors (Lipinski definition) is 4. The van der Waals surface area contributed by atoms with Gasteiger partial charge in [-0.15, -0.1) is 0 Å². The molecule has 0 aliphatic carbocycles. The summed E-state index contributed by atoms with van der Waals surface area (Å²) in [6, 6.07) is 9.95. The lowest BCUT2D eigenvalue weighted by Crippen LogP contribution is -2.49. The number of carboxylic acids is 1. The third-order valence-corrected chi connectivity index (χ3v) is 6.35. The van der Waals surface area contributed by atoms with E-state index in [1.807, 2.05) is 18.2 Å². The van der Waals surface area contributed by atoms with E-state index in [0.717, 1.165) is 22.3 Å². The van der Waals surface area contributed by atoms with E-state index in [2.05, 4.69) is 14.9 Å². The normalized spacial score (nSPS) is 14.8. The van der Waals surface area contributed by atoms with Gasteiger partial charge in [0.1, 0.15) is 11.5 Å². The quantitative estimate of drug-likeness (QED) is 0.575. The van der Waals surface area contributed by atoms with Crippen LogP contribution in [0.25, 0.3) is 11.0 Å². The third kappa shape index (κ3) is 4.61. The molecule has 8 heteroatoms. The SMILES string of the molecule is CC(NCC(C)(C)C(=O)O)C(=O)N1CCc2c(n(Cc3cccc(F)c3)c3ncccc23)C1. The van der Waals surface area contributed by atoms with Crippen molar-refractivity contribution in [3.63, 3.8) is 0 Å². The van der Waals surface area contributed by atoms with E-state index in [0.29, 0.717) is 26.1 Å². The van der Waals surface area contributed by atoms with E-state index in [4.69, 9.17) is 0 Å². The van der Waals surface area contributed by atoms with Crippen molar-refractivity contribution in [1.29, 1.82) is 0 Å². The molecule has 4 rings (SSSR count). The molecule has 0 spiro atoms. The maximum absolute atomic E-state index is 13.8. The number of nitrogens with zero attached hydrogens (tertiary/aromatic N) is 3. The summed E-state index contributed by atoms with van der Waals surface area (Å²) >= 11 is 0. The van der Waals surface area contributed by atoms with E-state index >= 15 is 0 Å². The van der Waals surface area contributed by atoms with Crippen LogP contribution in [-0.4, -0.2) is 50.6 Å². The predicted molar refractivity (Wildman–Crippen MR) is 123 cm³/mol. The van der Waals surface area contributed by atoms with Crippen molar-refractivity contribution in [3.05, 3.63) is 65.2 Å². The third-order valence-electron chi connectivity index (χ3n) is 6.35. The molecule has 2 N–H and O–H groups in total. The summed E-state index contributed by atoms with van der Waals surface area (Å²) < 4.78 is 15.9. The summed E-state index contributed by atoms with van der Waals surface area (Å²) in [5.41, 5.74) is 2.87. The van der Waals surface area contributed by atoms with E-state index in [-0.39, 0.29) is 18.3 Å². The van der Waals surface area contributed by atoms with Crippen LogP contribution < -0.4 is 5.32 Å². The first-order chi connectivity index (χ1) is 15.7. The van der Waals surface area contributed by atoms with E-state index in [1.54, 1.807) is 37.9 Å². The summed E-state index contributed by atoms with van der Waals surface area (Å²) in [6.07, 6.45) is 2.45. The summed E-state index contributed by atoms with van der Waals surface area (Å²) in [5, 5.41) is 13.5. The summed E-state index contributed by atoms with van der Waals surface area (Å²) in [6.45, 7) is 6.68. The van der Waals surface area contributed by atoms with Gasteiger partial charge in [-0.3, -0.25) is 9.59 Å². The number of aliphatic carboxylic acids is 1. The molecule has 0 radical (unpaired) electrons. The van der Waals surface area contributed by atoms with Gasteiger partial charge in [0.15, 0.2) is 0 Å². The van der Waals surface area contributed by atoms with Gasteiger partial charge in [-0.25, -0.2) is 9.37 Å². The second-order valence-corrected chi connectivity index (χ2v) is 9.32. The van der Waals surface area contributed by atoms with Crippen molar-refractivity contribution in [2.75, 3.05) is 13.1 Å². The number of benzene rings is 1. The molecule has 3 aromatic rings. The van der Waals surface area contributed by atoms with Gasteiger partial charge >= 0.3 is 5.97 Å². The van der Waals surface area contributed by atoms with Crippen LogP contribution in [0.15, 0.2) is 42.6 Å². The number of rotatable bonds is 7. The van der Waals surface area contributed by atoms with Crippen molar-refractivity contribution >= 4 is 22.9 Å². The zero-order valence-electron chi connectivity index (χ0n) is 19.1. The molecule has 1 aromatic carbocycles. The molecule has 174 valence electrons. The van der Waals surface area contributed by atoms with Gasteiger partial charge < -0.3 is 19.9 Å². The molecule has 1 atom stereocenters. The number of amides is 1. The van der Waals surface area contributed by atoms with E-state index in [9.17, 15) is 19.1 Å². The molecule has 1 aliphatic rings. The Kier molecular flexibility index (Phi) is 6.21. The number of carboxylic acid groups (broad SMARTS) is 1. The lowest BCUT2D eigenvalue weighted by Gasteiger charge is -2.32. The Morgan fingerprint density at radius 1 is 1.27 bits per heavy atom. The second kappa shape index (κ2) is 8.94. The first kappa shape index (κ1) is 22.9. The zero-order valence-corrected chi connectivity index (χ0v) is 19.1. The predicted octanol–water partition coefficient (Wildman–Crippen LogP) is 3.20. The van der Waals surface area contributed by atoms with Crippen molar-refractivity contribution in [3.8, 4) is 0 Å². The van der Waals surface area contributed by atoms with Gasteiger partial charge in [0.25, 0.3) is 0 Å². The molecule has 2 aromatic heterocycles.